The number of hydrogen-bond donors (Lipinski definition) is 1. The fourth-order valence-electron chi connectivity index (χ4n) is 3.35. The number of fused-ring (bicyclic) bond motifs is 1. The van der Waals surface area contributed by atoms with Crippen molar-refractivity contribution in [1.82, 2.24) is 10.2 Å². The molecule has 0 aliphatic carbocycles. The molecule has 3 atom stereocenters. The first-order chi connectivity index (χ1) is 8.33. The van der Waals surface area contributed by atoms with Gasteiger partial charge in [0, 0.05) is 18.1 Å². The second-order valence-corrected chi connectivity index (χ2v) is 6.28. The molecule has 1 aromatic rings. The molecule has 0 aromatic carbocycles. The van der Waals surface area contributed by atoms with Crippen molar-refractivity contribution in [3.05, 3.63) is 22.4 Å². The maximum absolute atomic E-state index is 3.81. The molecule has 2 fully saturated rings. The van der Waals surface area contributed by atoms with Gasteiger partial charge in [0.05, 0.1) is 0 Å². The molecule has 94 valence electrons. The number of piperidine rings is 1. The fourth-order valence-corrected chi connectivity index (χ4v) is 4.10. The third-order valence-corrected chi connectivity index (χ3v) is 5.05. The largest absolute Gasteiger partial charge is 0.307 e. The molecule has 2 nitrogen and oxygen atoms in total. The average Bonchev–Trinajstić information content (AvgIpc) is 2.99. The third-order valence-electron chi connectivity index (χ3n) is 4.35. The van der Waals surface area contributed by atoms with Crippen LogP contribution < -0.4 is 5.32 Å². The van der Waals surface area contributed by atoms with Gasteiger partial charge in [-0.2, -0.15) is 11.3 Å². The number of nitrogens with zero attached hydrogens (tertiary/aromatic N) is 1. The van der Waals surface area contributed by atoms with Gasteiger partial charge >= 0.3 is 0 Å². The highest BCUT2D eigenvalue weighted by Gasteiger charge is 2.31. The summed E-state index contributed by atoms with van der Waals surface area (Å²) in [5.74, 6) is 0. The number of thiophene rings is 1. The summed E-state index contributed by atoms with van der Waals surface area (Å²) in [5.41, 5.74) is 1.45. The van der Waals surface area contributed by atoms with Crippen molar-refractivity contribution in [3.63, 3.8) is 0 Å². The monoisotopic (exact) mass is 250 g/mol. The zero-order chi connectivity index (χ0) is 11.7. The predicted octanol–water partition coefficient (Wildman–Crippen LogP) is 3.03. The average molecular weight is 250 g/mol. The van der Waals surface area contributed by atoms with Crippen LogP contribution >= 0.6 is 11.3 Å². The first-order valence-corrected chi connectivity index (χ1v) is 7.79. The minimum atomic E-state index is 0.513. The van der Waals surface area contributed by atoms with Gasteiger partial charge in [-0.15, -0.1) is 0 Å². The van der Waals surface area contributed by atoms with E-state index in [0.717, 1.165) is 12.1 Å². The van der Waals surface area contributed by atoms with Crippen LogP contribution in [0.15, 0.2) is 16.8 Å². The first-order valence-electron chi connectivity index (χ1n) is 6.85. The summed E-state index contributed by atoms with van der Waals surface area (Å²) in [4.78, 5) is 2.69. The van der Waals surface area contributed by atoms with Gasteiger partial charge in [-0.05, 0) is 68.1 Å². The van der Waals surface area contributed by atoms with Gasteiger partial charge in [0.1, 0.15) is 0 Å². The van der Waals surface area contributed by atoms with Crippen molar-refractivity contribution in [2.45, 2.75) is 50.7 Å². The topological polar surface area (TPSA) is 15.3 Å². The maximum atomic E-state index is 3.81. The summed E-state index contributed by atoms with van der Waals surface area (Å²) in [7, 11) is 0. The van der Waals surface area contributed by atoms with Gasteiger partial charge in [0.15, 0.2) is 0 Å². The lowest BCUT2D eigenvalue weighted by molar-refractivity contribution is 0.162. The van der Waals surface area contributed by atoms with E-state index in [1.807, 2.05) is 0 Å². The Morgan fingerprint density at radius 1 is 1.41 bits per heavy atom. The predicted molar refractivity (Wildman–Crippen MR) is 73.5 cm³/mol. The zero-order valence-corrected chi connectivity index (χ0v) is 11.4. The summed E-state index contributed by atoms with van der Waals surface area (Å²) >= 11 is 1.80. The van der Waals surface area contributed by atoms with E-state index in [4.69, 9.17) is 0 Å². The third kappa shape index (κ3) is 2.56. The van der Waals surface area contributed by atoms with Crippen LogP contribution in [0.5, 0.6) is 0 Å². The van der Waals surface area contributed by atoms with Crippen molar-refractivity contribution in [1.29, 1.82) is 0 Å². The normalized spacial score (nSPS) is 31.4. The van der Waals surface area contributed by atoms with E-state index in [-0.39, 0.29) is 0 Å². The molecule has 2 aliphatic rings. The zero-order valence-electron chi connectivity index (χ0n) is 10.6. The van der Waals surface area contributed by atoms with E-state index in [2.05, 4.69) is 34.0 Å². The van der Waals surface area contributed by atoms with Gasteiger partial charge < -0.3 is 10.2 Å². The Labute approximate surface area is 108 Å². The maximum Gasteiger partial charge on any atom is 0.0302 e. The van der Waals surface area contributed by atoms with E-state index in [1.54, 1.807) is 11.3 Å². The van der Waals surface area contributed by atoms with E-state index < -0.39 is 0 Å². The highest BCUT2D eigenvalue weighted by molar-refractivity contribution is 7.07. The summed E-state index contributed by atoms with van der Waals surface area (Å²) in [6, 6.07) is 4.35. The van der Waals surface area contributed by atoms with Crippen LogP contribution in [0.3, 0.4) is 0 Å². The van der Waals surface area contributed by atoms with Crippen molar-refractivity contribution in [3.8, 4) is 0 Å². The number of nitrogens with one attached hydrogen (secondary N) is 1. The highest BCUT2D eigenvalue weighted by atomic mass is 32.1. The van der Waals surface area contributed by atoms with Crippen LogP contribution in [-0.2, 0) is 0 Å². The van der Waals surface area contributed by atoms with E-state index in [0.29, 0.717) is 6.04 Å². The Hall–Kier alpha value is -0.380. The van der Waals surface area contributed by atoms with Gasteiger partial charge in [-0.3, -0.25) is 0 Å². The van der Waals surface area contributed by atoms with Crippen molar-refractivity contribution in [2.75, 3.05) is 13.1 Å². The Bertz CT molecular complexity index is 349. The molecule has 3 heterocycles. The number of rotatable bonds is 3. The van der Waals surface area contributed by atoms with Crippen molar-refractivity contribution in [2.24, 2.45) is 0 Å². The van der Waals surface area contributed by atoms with Crippen molar-refractivity contribution < 1.29 is 0 Å². The molecule has 0 bridgehead atoms. The molecule has 2 saturated heterocycles. The lowest BCUT2D eigenvalue weighted by Crippen LogP contribution is -2.46. The first kappa shape index (κ1) is 11.7. The SMILES string of the molecule is CC(NC1CCN2CCCC2C1)c1ccsc1. The molecule has 3 unspecified atom stereocenters. The quantitative estimate of drug-likeness (QED) is 0.887. The molecule has 3 rings (SSSR count). The summed E-state index contributed by atoms with van der Waals surface area (Å²) in [5, 5.41) is 8.25. The summed E-state index contributed by atoms with van der Waals surface area (Å²) in [6.07, 6.45) is 5.52. The van der Waals surface area contributed by atoms with Crippen molar-refractivity contribution >= 4 is 11.3 Å². The van der Waals surface area contributed by atoms with Crippen LogP contribution in [0.2, 0.25) is 0 Å². The molecular formula is C14H22N2S. The second kappa shape index (κ2) is 5.09. The molecule has 1 aromatic heterocycles. The lowest BCUT2D eigenvalue weighted by atomic mass is 9.96. The molecule has 2 aliphatic heterocycles. The Kier molecular flexibility index (Phi) is 3.50. The van der Waals surface area contributed by atoms with Crippen LogP contribution in [0.1, 0.15) is 44.2 Å². The van der Waals surface area contributed by atoms with Gasteiger partial charge in [-0.1, -0.05) is 0 Å². The van der Waals surface area contributed by atoms with Crippen LogP contribution in [0.4, 0.5) is 0 Å². The number of hydrogen-bond acceptors (Lipinski definition) is 3. The molecule has 3 heteroatoms. The summed E-state index contributed by atoms with van der Waals surface area (Å²) < 4.78 is 0. The molecular weight excluding hydrogens is 228 g/mol. The Morgan fingerprint density at radius 2 is 2.35 bits per heavy atom. The molecule has 0 radical (unpaired) electrons. The highest BCUT2D eigenvalue weighted by Crippen LogP contribution is 2.28. The fraction of sp³-hybridized carbons (Fsp3) is 0.714. The van der Waals surface area contributed by atoms with Gasteiger partial charge in [-0.25, -0.2) is 0 Å². The van der Waals surface area contributed by atoms with Crippen LogP contribution in [-0.4, -0.2) is 30.1 Å². The molecule has 0 saturated carbocycles. The van der Waals surface area contributed by atoms with Crippen LogP contribution in [0, 0.1) is 0 Å². The van der Waals surface area contributed by atoms with E-state index in [1.165, 1.54) is 44.3 Å². The molecule has 17 heavy (non-hydrogen) atoms. The molecule has 0 amide bonds. The standard InChI is InChI=1S/C14H22N2S/c1-11(12-5-8-17-10-12)15-13-4-7-16-6-2-3-14(16)9-13/h5,8,10-11,13-15H,2-4,6-7,9H2,1H3. The molecule has 0 spiro atoms. The van der Waals surface area contributed by atoms with Crippen LogP contribution in [0.25, 0.3) is 0 Å². The Balaban J connectivity index is 1.55. The lowest BCUT2D eigenvalue weighted by Gasteiger charge is -2.36. The minimum Gasteiger partial charge on any atom is -0.307 e. The van der Waals surface area contributed by atoms with Gasteiger partial charge in [0.25, 0.3) is 0 Å². The van der Waals surface area contributed by atoms with Gasteiger partial charge in [0.2, 0.25) is 0 Å². The van der Waals surface area contributed by atoms with E-state index in [9.17, 15) is 0 Å². The Morgan fingerprint density at radius 3 is 3.18 bits per heavy atom. The molecule has 1 N–H and O–H groups in total. The smallest absolute Gasteiger partial charge is 0.0302 e. The van der Waals surface area contributed by atoms with E-state index >= 15 is 0 Å². The minimum absolute atomic E-state index is 0.513. The second-order valence-electron chi connectivity index (χ2n) is 5.50. The summed E-state index contributed by atoms with van der Waals surface area (Å²) in [6.45, 7) is 4.94.